The molecule has 1 N–H and O–H groups in total. The number of furan rings is 1. The van der Waals surface area contributed by atoms with Crippen molar-refractivity contribution in [2.24, 2.45) is 0 Å². The maximum atomic E-state index is 12.5. The number of carboxylic acids is 1. The van der Waals surface area contributed by atoms with Gasteiger partial charge in [0.05, 0.1) is 17.2 Å². The minimum Gasteiger partial charge on any atom is -0.482 e. The normalized spacial score (nSPS) is 14.4. The molecular weight excluding hydrogens is 374 g/mol. The number of ether oxygens (including phenoxy) is 1. The van der Waals surface area contributed by atoms with Gasteiger partial charge < -0.3 is 19.2 Å². The standard InChI is InChI=1S/C18H17NO7S/c1-2-19-13-7-11(3-5-15(13)25-8-17(19)21)14(20)10-27(24)9-12-4-6-16(26-12)18(22)23/h3-7H,2,8-10H2,1H3,(H,22,23). The van der Waals surface area contributed by atoms with E-state index in [0.29, 0.717) is 23.5 Å². The summed E-state index contributed by atoms with van der Waals surface area (Å²) in [5.41, 5.74) is 0.840. The number of anilines is 1. The molecule has 1 atom stereocenters. The van der Waals surface area contributed by atoms with Crippen LogP contribution < -0.4 is 9.64 Å². The first kappa shape index (κ1) is 18.8. The van der Waals surface area contributed by atoms with Gasteiger partial charge in [0.15, 0.2) is 12.4 Å². The first-order valence-electron chi connectivity index (χ1n) is 8.16. The summed E-state index contributed by atoms with van der Waals surface area (Å²) in [4.78, 5) is 36.7. The van der Waals surface area contributed by atoms with Crippen molar-refractivity contribution >= 4 is 34.1 Å². The van der Waals surface area contributed by atoms with Gasteiger partial charge in [-0.2, -0.15) is 0 Å². The van der Waals surface area contributed by atoms with Crippen molar-refractivity contribution < 1.29 is 32.9 Å². The summed E-state index contributed by atoms with van der Waals surface area (Å²) in [5.74, 6) is -1.55. The molecule has 1 aromatic heterocycles. The number of carbonyl (C=O) groups is 3. The fourth-order valence-corrected chi connectivity index (χ4v) is 3.77. The van der Waals surface area contributed by atoms with E-state index in [1.165, 1.54) is 17.0 Å². The Labute approximate surface area is 157 Å². The Bertz CT molecular complexity index is 934. The van der Waals surface area contributed by atoms with Crippen LogP contribution in [0.4, 0.5) is 5.69 Å². The van der Waals surface area contributed by atoms with E-state index < -0.39 is 16.8 Å². The largest absolute Gasteiger partial charge is 0.482 e. The highest BCUT2D eigenvalue weighted by atomic mass is 32.2. The number of Topliss-reactive ketones (excluding diaryl/α,β-unsaturated/α-hetero) is 1. The fourth-order valence-electron chi connectivity index (χ4n) is 2.73. The average molecular weight is 391 g/mol. The molecule has 142 valence electrons. The van der Waals surface area contributed by atoms with E-state index in [0.717, 1.165) is 0 Å². The number of carbonyl (C=O) groups excluding carboxylic acids is 2. The minimum absolute atomic E-state index is 0.0420. The van der Waals surface area contributed by atoms with Gasteiger partial charge in [-0.05, 0) is 37.3 Å². The van der Waals surface area contributed by atoms with Crippen LogP contribution in [0.3, 0.4) is 0 Å². The fraction of sp³-hybridized carbons (Fsp3) is 0.278. The number of nitrogens with zero attached hydrogens (tertiary/aromatic N) is 1. The number of hydrogen-bond acceptors (Lipinski definition) is 6. The number of carboxylic acid groups (broad SMARTS) is 1. The number of amides is 1. The Hall–Kier alpha value is -2.94. The number of benzene rings is 1. The summed E-state index contributed by atoms with van der Waals surface area (Å²) in [6.07, 6.45) is 0. The Morgan fingerprint density at radius 2 is 2.04 bits per heavy atom. The zero-order valence-electron chi connectivity index (χ0n) is 14.5. The van der Waals surface area contributed by atoms with Crippen molar-refractivity contribution in [3.05, 3.63) is 47.4 Å². The molecule has 0 bridgehead atoms. The maximum absolute atomic E-state index is 12.5. The molecule has 1 aliphatic heterocycles. The van der Waals surface area contributed by atoms with E-state index in [-0.39, 0.29) is 41.3 Å². The molecule has 2 aromatic rings. The van der Waals surface area contributed by atoms with Crippen LogP contribution in [-0.4, -0.2) is 45.9 Å². The summed E-state index contributed by atoms with van der Waals surface area (Å²) >= 11 is 0. The molecule has 0 radical (unpaired) electrons. The van der Waals surface area contributed by atoms with E-state index in [1.807, 2.05) is 6.92 Å². The van der Waals surface area contributed by atoms with Gasteiger partial charge in [-0.25, -0.2) is 4.79 Å². The van der Waals surface area contributed by atoms with Gasteiger partial charge in [-0.1, -0.05) is 0 Å². The predicted molar refractivity (Wildman–Crippen MR) is 96.7 cm³/mol. The lowest BCUT2D eigenvalue weighted by Gasteiger charge is -2.28. The van der Waals surface area contributed by atoms with Gasteiger partial charge in [-0.15, -0.1) is 0 Å². The molecule has 27 heavy (non-hydrogen) atoms. The first-order chi connectivity index (χ1) is 12.9. The molecule has 8 nitrogen and oxygen atoms in total. The van der Waals surface area contributed by atoms with Crippen LogP contribution in [-0.2, 0) is 21.3 Å². The van der Waals surface area contributed by atoms with E-state index in [2.05, 4.69) is 0 Å². The zero-order chi connectivity index (χ0) is 19.6. The van der Waals surface area contributed by atoms with Gasteiger partial charge in [0.25, 0.3) is 5.91 Å². The van der Waals surface area contributed by atoms with Crippen LogP contribution in [0.25, 0.3) is 0 Å². The topological polar surface area (TPSA) is 114 Å². The second-order valence-electron chi connectivity index (χ2n) is 5.83. The molecule has 0 aliphatic carbocycles. The summed E-state index contributed by atoms with van der Waals surface area (Å²) < 4.78 is 22.6. The predicted octanol–water partition coefficient (Wildman–Crippen LogP) is 1.85. The third-order valence-electron chi connectivity index (χ3n) is 4.01. The third kappa shape index (κ3) is 4.08. The highest BCUT2D eigenvalue weighted by molar-refractivity contribution is 7.85. The van der Waals surface area contributed by atoms with Crippen LogP contribution in [0.1, 0.15) is 33.6 Å². The van der Waals surface area contributed by atoms with E-state index >= 15 is 0 Å². The molecule has 0 saturated carbocycles. The Kier molecular flexibility index (Phi) is 5.41. The lowest BCUT2D eigenvalue weighted by atomic mass is 10.1. The molecule has 9 heteroatoms. The Morgan fingerprint density at radius 3 is 2.70 bits per heavy atom. The highest BCUT2D eigenvalue weighted by Crippen LogP contribution is 2.33. The van der Waals surface area contributed by atoms with Crippen LogP contribution in [0.5, 0.6) is 5.75 Å². The SMILES string of the molecule is CCN1C(=O)COc2ccc(C(=O)CS(=O)Cc3ccc(C(=O)O)o3)cc21. The number of likely N-dealkylation sites (N-methyl/N-ethyl adjacent to an activating group) is 1. The summed E-state index contributed by atoms with van der Waals surface area (Å²) in [6, 6.07) is 7.44. The summed E-state index contributed by atoms with van der Waals surface area (Å²) in [5, 5.41) is 8.82. The van der Waals surface area contributed by atoms with Crippen molar-refractivity contribution in [3.8, 4) is 5.75 Å². The smallest absolute Gasteiger partial charge is 0.371 e. The molecule has 2 heterocycles. The summed E-state index contributed by atoms with van der Waals surface area (Å²) in [7, 11) is -1.57. The molecule has 0 spiro atoms. The highest BCUT2D eigenvalue weighted by Gasteiger charge is 2.25. The average Bonchev–Trinajstić information content (AvgIpc) is 3.09. The number of fused-ring (bicyclic) bond motifs is 1. The van der Waals surface area contributed by atoms with E-state index in [9.17, 15) is 18.6 Å². The number of aromatic carboxylic acids is 1. The zero-order valence-corrected chi connectivity index (χ0v) is 15.3. The molecule has 1 unspecified atom stereocenters. The molecule has 0 fully saturated rings. The van der Waals surface area contributed by atoms with Gasteiger partial charge in [-0.3, -0.25) is 13.8 Å². The van der Waals surface area contributed by atoms with Gasteiger partial charge >= 0.3 is 5.97 Å². The first-order valence-corrected chi connectivity index (χ1v) is 9.65. The van der Waals surface area contributed by atoms with Gasteiger partial charge in [0.2, 0.25) is 5.76 Å². The van der Waals surface area contributed by atoms with Crippen LogP contribution >= 0.6 is 0 Å². The number of hydrogen-bond donors (Lipinski definition) is 1. The third-order valence-corrected chi connectivity index (χ3v) is 5.20. The monoisotopic (exact) mass is 391 g/mol. The number of rotatable bonds is 7. The van der Waals surface area contributed by atoms with Crippen LogP contribution in [0.2, 0.25) is 0 Å². The van der Waals surface area contributed by atoms with Crippen molar-refractivity contribution in [2.45, 2.75) is 12.7 Å². The van der Waals surface area contributed by atoms with Crippen molar-refractivity contribution in [3.63, 3.8) is 0 Å². The van der Waals surface area contributed by atoms with Crippen LogP contribution in [0, 0.1) is 0 Å². The van der Waals surface area contributed by atoms with Crippen molar-refractivity contribution in [2.75, 3.05) is 23.8 Å². The number of ketones is 1. The second kappa shape index (κ2) is 7.75. The van der Waals surface area contributed by atoms with Crippen molar-refractivity contribution in [1.82, 2.24) is 0 Å². The maximum Gasteiger partial charge on any atom is 0.371 e. The lowest BCUT2D eigenvalue weighted by Crippen LogP contribution is -2.38. The Morgan fingerprint density at radius 1 is 1.26 bits per heavy atom. The molecule has 1 aliphatic rings. The second-order valence-corrected chi connectivity index (χ2v) is 7.29. The van der Waals surface area contributed by atoms with E-state index in [4.69, 9.17) is 14.3 Å². The quantitative estimate of drug-likeness (QED) is 0.717. The lowest BCUT2D eigenvalue weighted by molar-refractivity contribution is -0.121. The van der Waals surface area contributed by atoms with E-state index in [1.54, 1.807) is 18.2 Å². The Balaban J connectivity index is 1.70. The van der Waals surface area contributed by atoms with Gasteiger partial charge in [0, 0.05) is 22.9 Å². The molecule has 0 saturated heterocycles. The molecule has 3 rings (SSSR count). The molecular formula is C18H17NO7S. The summed E-state index contributed by atoms with van der Waals surface area (Å²) in [6.45, 7) is 2.23. The van der Waals surface area contributed by atoms with Gasteiger partial charge in [0.1, 0.15) is 11.5 Å². The molecule has 1 aromatic carbocycles. The van der Waals surface area contributed by atoms with Crippen molar-refractivity contribution in [1.29, 1.82) is 0 Å². The molecule has 1 amide bonds. The van der Waals surface area contributed by atoms with Crippen LogP contribution in [0.15, 0.2) is 34.7 Å². The minimum atomic E-state index is -1.57.